The van der Waals surface area contributed by atoms with Crippen LogP contribution >= 0.6 is 22.7 Å². The second kappa shape index (κ2) is 17.0. The van der Waals surface area contributed by atoms with Crippen LogP contribution < -0.4 is 9.64 Å². The van der Waals surface area contributed by atoms with Gasteiger partial charge in [-0.25, -0.2) is 4.79 Å². The molecule has 1 aliphatic heterocycles. The summed E-state index contributed by atoms with van der Waals surface area (Å²) in [6.07, 6.45) is 20.8. The molecule has 0 aliphatic carbocycles. The molecule has 0 amide bonds. The number of thiophene rings is 2. The normalized spacial score (nSPS) is 12.7. The smallest absolute Gasteiger partial charge is 0.346 e. The highest BCUT2D eigenvalue weighted by atomic mass is 32.1. The second-order valence-corrected chi connectivity index (χ2v) is 14.0. The minimum absolute atomic E-state index is 0.264. The summed E-state index contributed by atoms with van der Waals surface area (Å²) in [4.78, 5) is 17.8. The summed E-state index contributed by atoms with van der Waals surface area (Å²) in [7, 11) is 0. The van der Waals surface area contributed by atoms with Gasteiger partial charge in [-0.05, 0) is 97.2 Å². The molecule has 0 saturated heterocycles. The van der Waals surface area contributed by atoms with Gasteiger partial charge in [-0.3, -0.25) is 0 Å². The lowest BCUT2D eigenvalue weighted by atomic mass is 10.1. The molecule has 2 aromatic heterocycles. The highest BCUT2D eigenvalue weighted by molar-refractivity contribution is 7.14. The van der Waals surface area contributed by atoms with Gasteiger partial charge in [-0.15, -0.1) is 22.7 Å². The first-order valence-electron chi connectivity index (χ1n) is 16.6. The molecule has 0 atom stereocenters. The molecule has 1 aliphatic rings. The van der Waals surface area contributed by atoms with E-state index in [1.807, 2.05) is 18.2 Å². The maximum Gasteiger partial charge on any atom is 0.346 e. The Hall–Kier alpha value is -4.38. The van der Waals surface area contributed by atoms with Gasteiger partial charge in [0, 0.05) is 26.1 Å². The number of fused-ring (bicyclic) bond motifs is 2. The van der Waals surface area contributed by atoms with Crippen LogP contribution in [0.2, 0.25) is 0 Å². The number of nitriles is 1. The maximum atomic E-state index is 11.2. The first-order chi connectivity index (χ1) is 23.0. The van der Waals surface area contributed by atoms with Crippen molar-refractivity contribution in [3.05, 3.63) is 96.9 Å². The molecule has 0 spiro atoms. The average Bonchev–Trinajstić information content (AvgIpc) is 3.71. The summed E-state index contributed by atoms with van der Waals surface area (Å²) < 4.78 is 6.42. The van der Waals surface area contributed by atoms with Crippen LogP contribution in [0.1, 0.15) is 95.8 Å². The number of carboxylic acid groups (broad SMARTS) is 1. The Morgan fingerprint density at radius 1 is 0.809 bits per heavy atom. The molecule has 242 valence electrons. The second-order valence-electron chi connectivity index (χ2n) is 11.7. The number of aliphatic carboxylic acids is 1. The van der Waals surface area contributed by atoms with Crippen LogP contribution in [-0.4, -0.2) is 17.6 Å². The summed E-state index contributed by atoms with van der Waals surface area (Å²) in [5, 5.41) is 18.2. The van der Waals surface area contributed by atoms with Gasteiger partial charge in [0.1, 0.15) is 11.6 Å². The average molecular weight is 663 g/mol. The van der Waals surface area contributed by atoms with Crippen LogP contribution in [0.5, 0.6) is 11.5 Å². The Bertz CT molecular complexity index is 1800. The van der Waals surface area contributed by atoms with E-state index in [1.54, 1.807) is 17.4 Å². The van der Waals surface area contributed by atoms with Gasteiger partial charge < -0.3 is 14.7 Å². The lowest BCUT2D eigenvalue weighted by Gasteiger charge is -2.33. The number of hydrogen-bond acceptors (Lipinski definition) is 6. The summed E-state index contributed by atoms with van der Waals surface area (Å²) in [5.74, 6) is 0.588. The van der Waals surface area contributed by atoms with Crippen molar-refractivity contribution in [3.63, 3.8) is 0 Å². The number of unbranched alkanes of at least 4 members (excludes halogenated alkanes) is 6. The fourth-order valence-electron chi connectivity index (χ4n) is 5.67. The van der Waals surface area contributed by atoms with Crippen LogP contribution in [0.25, 0.3) is 30.4 Å². The van der Waals surface area contributed by atoms with Gasteiger partial charge in [0.2, 0.25) is 0 Å². The summed E-state index contributed by atoms with van der Waals surface area (Å²) in [6.45, 7) is 5.46. The third-order valence-electron chi connectivity index (χ3n) is 8.17. The molecular formula is C40H42N2O3S2. The number of anilines is 2. The SMILES string of the molecule is CCCCCCc1cc(/C=C/c2ccc(/C=C(\C#N)C(=O)O)s2)sc1/C=C/c1ccc2c(c1)Oc1ccccc1N2CCCCCC. The molecule has 5 rings (SSSR count). The molecule has 3 heterocycles. The zero-order valence-corrected chi connectivity index (χ0v) is 28.8. The van der Waals surface area contributed by atoms with Crippen molar-refractivity contribution in [2.75, 3.05) is 11.4 Å². The molecule has 0 bridgehead atoms. The zero-order chi connectivity index (χ0) is 33.0. The van der Waals surface area contributed by atoms with Crippen molar-refractivity contribution in [2.45, 2.75) is 71.6 Å². The Labute approximate surface area is 286 Å². The first kappa shape index (κ1) is 34.0. The number of ether oxygens (including phenoxy) is 1. The van der Waals surface area contributed by atoms with E-state index in [4.69, 9.17) is 15.1 Å². The molecule has 2 aromatic carbocycles. The number of nitrogens with zero attached hydrogens (tertiary/aromatic N) is 2. The van der Waals surface area contributed by atoms with E-state index < -0.39 is 5.97 Å². The predicted molar refractivity (Wildman–Crippen MR) is 200 cm³/mol. The van der Waals surface area contributed by atoms with E-state index >= 15 is 0 Å². The van der Waals surface area contributed by atoms with Crippen molar-refractivity contribution >= 4 is 70.4 Å². The summed E-state index contributed by atoms with van der Waals surface area (Å²) in [6, 6.07) is 22.7. The molecule has 0 radical (unpaired) electrons. The van der Waals surface area contributed by atoms with Gasteiger partial charge in [-0.2, -0.15) is 5.26 Å². The van der Waals surface area contributed by atoms with Gasteiger partial charge in [0.25, 0.3) is 0 Å². The van der Waals surface area contributed by atoms with Crippen LogP contribution in [-0.2, 0) is 11.2 Å². The Balaban J connectivity index is 1.36. The number of carbonyl (C=O) groups is 1. The van der Waals surface area contributed by atoms with Crippen LogP contribution in [0.3, 0.4) is 0 Å². The minimum atomic E-state index is -1.21. The van der Waals surface area contributed by atoms with Gasteiger partial charge in [0.05, 0.1) is 11.4 Å². The van der Waals surface area contributed by atoms with Crippen molar-refractivity contribution in [3.8, 4) is 17.6 Å². The lowest BCUT2D eigenvalue weighted by molar-refractivity contribution is -0.132. The van der Waals surface area contributed by atoms with Crippen molar-refractivity contribution in [1.82, 2.24) is 0 Å². The number of hydrogen-bond donors (Lipinski definition) is 1. The Morgan fingerprint density at radius 2 is 1.55 bits per heavy atom. The van der Waals surface area contributed by atoms with Crippen molar-refractivity contribution in [1.29, 1.82) is 5.26 Å². The minimum Gasteiger partial charge on any atom is -0.477 e. The molecule has 7 heteroatoms. The quantitative estimate of drug-likeness (QED) is 0.0734. The van der Waals surface area contributed by atoms with E-state index in [1.165, 1.54) is 77.7 Å². The van der Waals surface area contributed by atoms with Gasteiger partial charge in [-0.1, -0.05) is 76.6 Å². The first-order valence-corrected chi connectivity index (χ1v) is 18.2. The van der Waals surface area contributed by atoms with Gasteiger partial charge >= 0.3 is 5.97 Å². The largest absolute Gasteiger partial charge is 0.477 e. The third-order valence-corrected chi connectivity index (χ3v) is 10.3. The van der Waals surface area contributed by atoms with E-state index in [0.717, 1.165) is 57.6 Å². The molecule has 0 saturated carbocycles. The van der Waals surface area contributed by atoms with E-state index in [2.05, 4.69) is 85.5 Å². The summed E-state index contributed by atoms with van der Waals surface area (Å²) in [5.41, 5.74) is 4.46. The maximum absolute atomic E-state index is 11.2. The molecule has 1 N–H and O–H groups in total. The molecule has 47 heavy (non-hydrogen) atoms. The highest BCUT2D eigenvalue weighted by Crippen LogP contribution is 2.47. The van der Waals surface area contributed by atoms with Crippen molar-refractivity contribution in [2.24, 2.45) is 0 Å². The number of aryl methyl sites for hydroxylation is 1. The highest BCUT2D eigenvalue weighted by Gasteiger charge is 2.23. The van der Waals surface area contributed by atoms with E-state index in [-0.39, 0.29) is 5.57 Å². The zero-order valence-electron chi connectivity index (χ0n) is 27.2. The predicted octanol–water partition coefficient (Wildman–Crippen LogP) is 12.1. The number of carboxylic acids is 1. The number of rotatable bonds is 16. The fourth-order valence-corrected chi connectivity index (χ4v) is 7.55. The Morgan fingerprint density at radius 3 is 2.34 bits per heavy atom. The molecular weight excluding hydrogens is 621 g/mol. The third kappa shape index (κ3) is 9.12. The lowest BCUT2D eigenvalue weighted by Crippen LogP contribution is -2.22. The molecule has 4 aromatic rings. The van der Waals surface area contributed by atoms with Gasteiger partial charge in [0.15, 0.2) is 11.5 Å². The number of benzene rings is 2. The topological polar surface area (TPSA) is 73.6 Å². The molecule has 0 fully saturated rings. The molecule has 5 nitrogen and oxygen atoms in total. The van der Waals surface area contributed by atoms with E-state index in [9.17, 15) is 4.79 Å². The fraction of sp³-hybridized carbons (Fsp3) is 0.300. The Kier molecular flexibility index (Phi) is 12.3. The monoisotopic (exact) mass is 662 g/mol. The summed E-state index contributed by atoms with van der Waals surface area (Å²) >= 11 is 3.24. The van der Waals surface area contributed by atoms with Crippen LogP contribution in [0.15, 0.2) is 66.2 Å². The van der Waals surface area contributed by atoms with Crippen LogP contribution in [0, 0.1) is 11.3 Å². The standard InChI is InChI=1S/C40H42N2O3S2/c1-3-5-7-9-13-30-26-34(21-19-32-18-20-33(46-32)27-31(28-41)40(43)44)47-39(30)23-17-29-16-22-36-38(25-29)45-37-15-11-10-14-35(37)42(36)24-12-8-6-4-2/h10-11,14-23,25-27H,3-9,12-13,24H2,1-2H3,(H,43,44)/b21-19+,23-17+,31-27+. The van der Waals surface area contributed by atoms with Crippen molar-refractivity contribution < 1.29 is 14.6 Å². The number of para-hydroxylation sites is 2. The van der Waals surface area contributed by atoms with Crippen LogP contribution in [0.4, 0.5) is 11.4 Å². The van der Waals surface area contributed by atoms with E-state index in [0.29, 0.717) is 0 Å². The molecule has 0 unspecified atom stereocenters.